The molecule has 0 saturated carbocycles. The maximum Gasteiger partial charge on any atom is 0.191 e. The number of hydrogen-bond donors (Lipinski definition) is 1. The van der Waals surface area contributed by atoms with Crippen molar-refractivity contribution in [3.63, 3.8) is 0 Å². The minimum Gasteiger partial charge on any atom is -0.381 e. The van der Waals surface area contributed by atoms with Gasteiger partial charge in [-0.3, -0.25) is 0 Å². The van der Waals surface area contributed by atoms with Crippen molar-refractivity contribution in [3.8, 4) is 0 Å². The highest BCUT2D eigenvalue weighted by Crippen LogP contribution is 2.24. The molecule has 1 aromatic heterocycles. The maximum absolute atomic E-state index is 5.63. The summed E-state index contributed by atoms with van der Waals surface area (Å²) in [6.45, 7) is 6.62. The molecule has 17 heavy (non-hydrogen) atoms. The number of allylic oxidation sites excluding steroid dienone is 1. The van der Waals surface area contributed by atoms with Crippen molar-refractivity contribution in [1.82, 2.24) is 14.8 Å². The van der Waals surface area contributed by atoms with Crippen molar-refractivity contribution in [1.29, 1.82) is 0 Å². The topological polar surface area (TPSA) is 66.0 Å². The fraction of sp³-hybridized carbons (Fsp3) is 0.636. The van der Waals surface area contributed by atoms with Crippen molar-refractivity contribution in [2.75, 3.05) is 19.0 Å². The molecular weight excluding hydrogens is 236 g/mol. The first-order valence-electron chi connectivity index (χ1n) is 5.78. The average Bonchev–Trinajstić information content (AvgIpc) is 2.96. The molecule has 1 atom stereocenters. The lowest BCUT2D eigenvalue weighted by molar-refractivity contribution is 0.189. The third-order valence-electron chi connectivity index (χ3n) is 2.76. The van der Waals surface area contributed by atoms with Crippen LogP contribution in [0, 0.1) is 5.92 Å². The minimum absolute atomic E-state index is 0.411. The van der Waals surface area contributed by atoms with Crippen LogP contribution in [0.2, 0.25) is 0 Å². The normalized spacial score (nSPS) is 19.7. The maximum atomic E-state index is 5.63. The molecule has 0 amide bonds. The largest absolute Gasteiger partial charge is 0.381 e. The Labute approximate surface area is 105 Å². The number of thioether (sulfide) groups is 1. The SMILES string of the molecule is C=CCn1c(CN)nnc1SC[C@@H]1CCOC1. The first kappa shape index (κ1) is 12.6. The summed E-state index contributed by atoms with van der Waals surface area (Å²) >= 11 is 1.73. The van der Waals surface area contributed by atoms with Gasteiger partial charge in [-0.05, 0) is 12.3 Å². The van der Waals surface area contributed by atoms with Gasteiger partial charge in [0.15, 0.2) is 5.16 Å². The molecule has 5 nitrogen and oxygen atoms in total. The van der Waals surface area contributed by atoms with Gasteiger partial charge in [0.25, 0.3) is 0 Å². The summed E-state index contributed by atoms with van der Waals surface area (Å²) in [5, 5.41) is 9.19. The highest BCUT2D eigenvalue weighted by molar-refractivity contribution is 7.99. The van der Waals surface area contributed by atoms with Crippen LogP contribution in [0.1, 0.15) is 12.2 Å². The molecule has 2 rings (SSSR count). The Morgan fingerprint density at radius 2 is 2.47 bits per heavy atom. The monoisotopic (exact) mass is 254 g/mol. The molecule has 1 aliphatic heterocycles. The third kappa shape index (κ3) is 3.08. The van der Waals surface area contributed by atoms with Crippen LogP contribution < -0.4 is 5.73 Å². The van der Waals surface area contributed by atoms with Crippen molar-refractivity contribution in [2.45, 2.75) is 24.7 Å². The second-order valence-electron chi connectivity index (χ2n) is 4.04. The lowest BCUT2D eigenvalue weighted by Crippen LogP contribution is -2.09. The molecule has 2 heterocycles. The number of nitrogens with zero attached hydrogens (tertiary/aromatic N) is 3. The van der Waals surface area contributed by atoms with E-state index in [1.165, 1.54) is 0 Å². The van der Waals surface area contributed by atoms with Gasteiger partial charge in [0, 0.05) is 18.9 Å². The standard InChI is InChI=1S/C11H18N4OS/c1-2-4-15-10(6-12)13-14-11(15)17-8-9-3-5-16-7-9/h2,9H,1,3-8,12H2/t9-/m1/s1. The second kappa shape index (κ2) is 6.18. The van der Waals surface area contributed by atoms with Gasteiger partial charge < -0.3 is 15.0 Å². The molecule has 0 aliphatic carbocycles. The van der Waals surface area contributed by atoms with Crippen molar-refractivity contribution >= 4 is 11.8 Å². The zero-order valence-electron chi connectivity index (χ0n) is 9.84. The molecule has 1 aromatic rings. The highest BCUT2D eigenvalue weighted by atomic mass is 32.2. The first-order valence-corrected chi connectivity index (χ1v) is 6.77. The fourth-order valence-electron chi connectivity index (χ4n) is 1.80. The summed E-state index contributed by atoms with van der Waals surface area (Å²) in [5.41, 5.74) is 5.63. The van der Waals surface area contributed by atoms with Crippen LogP contribution in [0.5, 0.6) is 0 Å². The van der Waals surface area contributed by atoms with E-state index >= 15 is 0 Å². The van der Waals surface area contributed by atoms with Gasteiger partial charge >= 0.3 is 0 Å². The number of nitrogens with two attached hydrogens (primary N) is 1. The average molecular weight is 254 g/mol. The second-order valence-corrected chi connectivity index (χ2v) is 5.03. The molecule has 1 aliphatic rings. The van der Waals surface area contributed by atoms with Gasteiger partial charge in [0.1, 0.15) is 5.82 Å². The smallest absolute Gasteiger partial charge is 0.191 e. The van der Waals surface area contributed by atoms with Gasteiger partial charge in [0.2, 0.25) is 0 Å². The van der Waals surface area contributed by atoms with Crippen LogP contribution in [0.15, 0.2) is 17.8 Å². The summed E-state index contributed by atoms with van der Waals surface area (Å²) < 4.78 is 7.38. The van der Waals surface area contributed by atoms with Crippen LogP contribution in [0.25, 0.3) is 0 Å². The highest BCUT2D eigenvalue weighted by Gasteiger charge is 2.18. The van der Waals surface area contributed by atoms with E-state index in [1.54, 1.807) is 11.8 Å². The molecule has 94 valence electrons. The van der Waals surface area contributed by atoms with E-state index in [1.807, 2.05) is 10.6 Å². The summed E-state index contributed by atoms with van der Waals surface area (Å²) in [7, 11) is 0. The van der Waals surface area contributed by atoms with Gasteiger partial charge in [-0.25, -0.2) is 0 Å². The summed E-state index contributed by atoms with van der Waals surface area (Å²) in [4.78, 5) is 0. The zero-order valence-corrected chi connectivity index (χ0v) is 10.7. The lowest BCUT2D eigenvalue weighted by atomic mass is 10.2. The Balaban J connectivity index is 1.98. The first-order chi connectivity index (χ1) is 8.35. The Bertz CT molecular complexity index is 374. The predicted octanol–water partition coefficient (Wildman–Crippen LogP) is 1.05. The van der Waals surface area contributed by atoms with E-state index in [4.69, 9.17) is 10.5 Å². The van der Waals surface area contributed by atoms with E-state index in [0.717, 1.165) is 36.4 Å². The molecule has 1 fully saturated rings. The van der Waals surface area contributed by atoms with E-state index in [-0.39, 0.29) is 0 Å². The van der Waals surface area contributed by atoms with Crippen molar-refractivity contribution in [3.05, 3.63) is 18.5 Å². The summed E-state index contributed by atoms with van der Waals surface area (Å²) in [5.74, 6) is 2.48. The van der Waals surface area contributed by atoms with Gasteiger partial charge in [-0.2, -0.15) is 0 Å². The molecule has 0 aromatic carbocycles. The Kier molecular flexibility index (Phi) is 4.58. The van der Waals surface area contributed by atoms with E-state index in [0.29, 0.717) is 19.0 Å². The number of hydrogen-bond acceptors (Lipinski definition) is 5. The van der Waals surface area contributed by atoms with E-state index < -0.39 is 0 Å². The van der Waals surface area contributed by atoms with Crippen molar-refractivity contribution in [2.24, 2.45) is 11.7 Å². The fourth-order valence-corrected chi connectivity index (χ4v) is 2.88. The quantitative estimate of drug-likeness (QED) is 0.607. The summed E-state index contributed by atoms with van der Waals surface area (Å²) in [6, 6.07) is 0. The molecule has 0 spiro atoms. The van der Waals surface area contributed by atoms with Crippen LogP contribution in [0.3, 0.4) is 0 Å². The van der Waals surface area contributed by atoms with Crippen LogP contribution in [-0.2, 0) is 17.8 Å². The lowest BCUT2D eigenvalue weighted by Gasteiger charge is -2.08. The van der Waals surface area contributed by atoms with Crippen molar-refractivity contribution < 1.29 is 4.74 Å². The van der Waals surface area contributed by atoms with Gasteiger partial charge in [-0.15, -0.1) is 16.8 Å². The zero-order chi connectivity index (χ0) is 12.1. The Morgan fingerprint density at radius 1 is 1.59 bits per heavy atom. The van der Waals surface area contributed by atoms with Crippen LogP contribution in [0.4, 0.5) is 0 Å². The predicted molar refractivity (Wildman–Crippen MR) is 67.8 cm³/mol. The third-order valence-corrected chi connectivity index (χ3v) is 3.96. The Hall–Kier alpha value is -0.850. The van der Waals surface area contributed by atoms with Crippen LogP contribution in [-0.4, -0.2) is 33.7 Å². The molecule has 0 radical (unpaired) electrons. The molecule has 1 saturated heterocycles. The minimum atomic E-state index is 0.411. The van der Waals surface area contributed by atoms with Gasteiger partial charge in [-0.1, -0.05) is 17.8 Å². The molecule has 0 bridgehead atoms. The molecule has 0 unspecified atom stereocenters. The van der Waals surface area contributed by atoms with Gasteiger partial charge in [0.05, 0.1) is 13.2 Å². The number of aromatic nitrogens is 3. The molecule has 6 heteroatoms. The number of ether oxygens (including phenoxy) is 1. The van der Waals surface area contributed by atoms with E-state index in [2.05, 4.69) is 16.8 Å². The van der Waals surface area contributed by atoms with E-state index in [9.17, 15) is 0 Å². The van der Waals surface area contributed by atoms with Crippen LogP contribution >= 0.6 is 11.8 Å². The Morgan fingerprint density at radius 3 is 3.12 bits per heavy atom. The molecular formula is C11H18N4OS. The molecule has 2 N–H and O–H groups in total. The number of rotatable bonds is 6. The summed E-state index contributed by atoms with van der Waals surface area (Å²) in [6.07, 6.45) is 2.98.